The van der Waals surface area contributed by atoms with E-state index >= 15 is 0 Å². The second-order valence-electron chi connectivity index (χ2n) is 7.17. The van der Waals surface area contributed by atoms with Gasteiger partial charge >= 0.3 is 5.97 Å². The monoisotopic (exact) mass is 347 g/mol. The van der Waals surface area contributed by atoms with Crippen molar-refractivity contribution in [2.45, 2.75) is 31.8 Å². The molecule has 0 bridgehead atoms. The largest absolute Gasteiger partial charge is 0.480 e. The second kappa shape index (κ2) is 8.45. The van der Waals surface area contributed by atoms with E-state index in [1.165, 1.54) is 0 Å². The van der Waals surface area contributed by atoms with Crippen molar-refractivity contribution in [1.82, 2.24) is 14.7 Å². The molecule has 25 heavy (non-hydrogen) atoms. The SMILES string of the molecule is Cc1ccc(C(C(=O)N(CC(=O)O)C2CCN(C)CC2)N(C)C)cc1. The number of hydrogen-bond donors (Lipinski definition) is 1. The van der Waals surface area contributed by atoms with Gasteiger partial charge in [0.15, 0.2) is 0 Å². The quantitative estimate of drug-likeness (QED) is 0.847. The Morgan fingerprint density at radius 2 is 1.76 bits per heavy atom. The van der Waals surface area contributed by atoms with Gasteiger partial charge in [0.2, 0.25) is 5.91 Å². The number of piperidine rings is 1. The fraction of sp³-hybridized carbons (Fsp3) is 0.579. The van der Waals surface area contributed by atoms with Crippen molar-refractivity contribution in [2.75, 3.05) is 40.8 Å². The molecular weight excluding hydrogens is 318 g/mol. The van der Waals surface area contributed by atoms with Crippen LogP contribution in [0.4, 0.5) is 0 Å². The molecule has 0 aliphatic carbocycles. The number of carbonyl (C=O) groups is 2. The zero-order valence-electron chi connectivity index (χ0n) is 15.6. The number of aryl methyl sites for hydroxylation is 1. The van der Waals surface area contributed by atoms with Crippen LogP contribution in [0.2, 0.25) is 0 Å². The van der Waals surface area contributed by atoms with E-state index in [2.05, 4.69) is 11.9 Å². The lowest BCUT2D eigenvalue weighted by molar-refractivity contribution is -0.149. The van der Waals surface area contributed by atoms with Gasteiger partial charge in [-0.2, -0.15) is 0 Å². The first-order valence-electron chi connectivity index (χ1n) is 8.73. The van der Waals surface area contributed by atoms with Crippen LogP contribution in [0.25, 0.3) is 0 Å². The molecule has 6 nitrogen and oxygen atoms in total. The Morgan fingerprint density at radius 1 is 1.20 bits per heavy atom. The number of nitrogens with zero attached hydrogens (tertiary/aromatic N) is 3. The molecule has 1 aliphatic heterocycles. The maximum Gasteiger partial charge on any atom is 0.323 e. The lowest BCUT2D eigenvalue weighted by atomic mass is 9.99. The third-order valence-corrected chi connectivity index (χ3v) is 4.86. The van der Waals surface area contributed by atoms with Crippen LogP contribution in [-0.4, -0.2) is 78.5 Å². The number of carboxylic acid groups (broad SMARTS) is 1. The van der Waals surface area contributed by atoms with Crippen molar-refractivity contribution < 1.29 is 14.7 Å². The minimum Gasteiger partial charge on any atom is -0.480 e. The fourth-order valence-corrected chi connectivity index (χ4v) is 3.41. The molecule has 1 N–H and O–H groups in total. The molecule has 1 fully saturated rings. The number of amides is 1. The van der Waals surface area contributed by atoms with E-state index in [1.807, 2.05) is 50.2 Å². The Bertz CT molecular complexity index is 592. The summed E-state index contributed by atoms with van der Waals surface area (Å²) in [5, 5.41) is 9.32. The molecule has 1 heterocycles. The molecule has 2 rings (SSSR count). The highest BCUT2D eigenvalue weighted by Crippen LogP contribution is 2.25. The van der Waals surface area contributed by atoms with Gasteiger partial charge in [-0.3, -0.25) is 14.5 Å². The summed E-state index contributed by atoms with van der Waals surface area (Å²) in [4.78, 5) is 30.3. The number of likely N-dealkylation sites (tertiary alicyclic amines) is 1. The Balaban J connectivity index is 2.27. The molecule has 1 saturated heterocycles. The van der Waals surface area contributed by atoms with E-state index < -0.39 is 12.0 Å². The third-order valence-electron chi connectivity index (χ3n) is 4.86. The van der Waals surface area contributed by atoms with Crippen molar-refractivity contribution >= 4 is 11.9 Å². The Hall–Kier alpha value is -1.92. The first-order valence-corrected chi connectivity index (χ1v) is 8.73. The van der Waals surface area contributed by atoms with Crippen molar-refractivity contribution in [1.29, 1.82) is 0 Å². The van der Waals surface area contributed by atoms with Crippen LogP contribution in [0.3, 0.4) is 0 Å². The molecule has 0 aromatic heterocycles. The van der Waals surface area contributed by atoms with Crippen LogP contribution >= 0.6 is 0 Å². The predicted octanol–water partition coefficient (Wildman–Crippen LogP) is 1.61. The summed E-state index contributed by atoms with van der Waals surface area (Å²) in [5.41, 5.74) is 2.02. The van der Waals surface area contributed by atoms with E-state index in [0.29, 0.717) is 0 Å². The van der Waals surface area contributed by atoms with Gasteiger partial charge in [0.25, 0.3) is 0 Å². The molecule has 1 unspecified atom stereocenters. The Kier molecular flexibility index (Phi) is 6.56. The molecule has 0 radical (unpaired) electrons. The first kappa shape index (κ1) is 19.4. The van der Waals surface area contributed by atoms with Crippen LogP contribution in [0, 0.1) is 6.92 Å². The lowest BCUT2D eigenvalue weighted by Gasteiger charge is -2.39. The predicted molar refractivity (Wildman–Crippen MR) is 97.5 cm³/mol. The third kappa shape index (κ3) is 5.03. The summed E-state index contributed by atoms with van der Waals surface area (Å²) in [7, 11) is 5.76. The summed E-state index contributed by atoms with van der Waals surface area (Å²) in [5.74, 6) is -1.10. The van der Waals surface area contributed by atoms with E-state index in [4.69, 9.17) is 0 Å². The van der Waals surface area contributed by atoms with Gasteiger partial charge in [0.05, 0.1) is 0 Å². The highest BCUT2D eigenvalue weighted by atomic mass is 16.4. The number of carbonyl (C=O) groups excluding carboxylic acids is 1. The fourth-order valence-electron chi connectivity index (χ4n) is 3.41. The zero-order chi connectivity index (χ0) is 18.6. The zero-order valence-corrected chi connectivity index (χ0v) is 15.6. The topological polar surface area (TPSA) is 64.1 Å². The van der Waals surface area contributed by atoms with Crippen molar-refractivity contribution in [3.05, 3.63) is 35.4 Å². The molecule has 6 heteroatoms. The van der Waals surface area contributed by atoms with Crippen LogP contribution in [-0.2, 0) is 9.59 Å². The Morgan fingerprint density at radius 3 is 2.24 bits per heavy atom. The molecule has 1 aliphatic rings. The van der Waals surface area contributed by atoms with Crippen LogP contribution in [0.1, 0.15) is 30.0 Å². The number of hydrogen-bond acceptors (Lipinski definition) is 4. The molecular formula is C19H29N3O3. The lowest BCUT2D eigenvalue weighted by Crippen LogP contribution is -2.51. The molecule has 0 spiro atoms. The molecule has 138 valence electrons. The van der Waals surface area contributed by atoms with Gasteiger partial charge in [-0.25, -0.2) is 0 Å². The van der Waals surface area contributed by atoms with E-state index in [9.17, 15) is 14.7 Å². The highest BCUT2D eigenvalue weighted by Gasteiger charge is 2.34. The summed E-state index contributed by atoms with van der Waals surface area (Å²) < 4.78 is 0. The van der Waals surface area contributed by atoms with Gasteiger partial charge in [-0.1, -0.05) is 29.8 Å². The summed E-state index contributed by atoms with van der Waals surface area (Å²) in [6.07, 6.45) is 1.62. The van der Waals surface area contributed by atoms with E-state index in [0.717, 1.165) is 37.1 Å². The van der Waals surface area contributed by atoms with Gasteiger partial charge in [0, 0.05) is 6.04 Å². The van der Waals surface area contributed by atoms with Gasteiger partial charge < -0.3 is 14.9 Å². The average Bonchev–Trinajstić information content (AvgIpc) is 2.55. The normalized spacial score (nSPS) is 17.5. The summed E-state index contributed by atoms with van der Waals surface area (Å²) in [6, 6.07) is 7.37. The minimum atomic E-state index is -0.964. The molecule has 0 saturated carbocycles. The molecule has 1 aromatic rings. The molecule has 1 amide bonds. The first-order chi connectivity index (χ1) is 11.8. The van der Waals surface area contributed by atoms with Crippen molar-refractivity contribution in [2.24, 2.45) is 0 Å². The van der Waals surface area contributed by atoms with Crippen molar-refractivity contribution in [3.63, 3.8) is 0 Å². The van der Waals surface area contributed by atoms with Crippen LogP contribution in [0.5, 0.6) is 0 Å². The maximum atomic E-state index is 13.3. The van der Waals surface area contributed by atoms with Gasteiger partial charge in [-0.15, -0.1) is 0 Å². The van der Waals surface area contributed by atoms with Crippen molar-refractivity contribution in [3.8, 4) is 0 Å². The maximum absolute atomic E-state index is 13.3. The number of carboxylic acids is 1. The van der Waals surface area contributed by atoms with Gasteiger partial charge in [-0.05, 0) is 59.6 Å². The summed E-state index contributed by atoms with van der Waals surface area (Å²) >= 11 is 0. The van der Waals surface area contributed by atoms with Crippen LogP contribution in [0.15, 0.2) is 24.3 Å². The highest BCUT2D eigenvalue weighted by molar-refractivity contribution is 5.86. The van der Waals surface area contributed by atoms with Crippen LogP contribution < -0.4 is 0 Å². The second-order valence-corrected chi connectivity index (χ2v) is 7.17. The molecule has 1 aromatic carbocycles. The number of likely N-dealkylation sites (N-methyl/N-ethyl adjacent to an activating group) is 1. The Labute approximate surface area is 150 Å². The standard InChI is InChI=1S/C19H29N3O3/c1-14-5-7-15(8-6-14)18(20(2)3)19(25)22(13-17(23)24)16-9-11-21(4)12-10-16/h5-8,16,18H,9-13H2,1-4H3,(H,23,24). The minimum absolute atomic E-state index is 0.0206. The number of benzene rings is 1. The van der Waals surface area contributed by atoms with E-state index in [-0.39, 0.29) is 18.5 Å². The smallest absolute Gasteiger partial charge is 0.323 e. The number of aliphatic carboxylic acids is 1. The van der Waals surface area contributed by atoms with E-state index in [1.54, 1.807) is 4.90 Å². The van der Waals surface area contributed by atoms with Gasteiger partial charge in [0.1, 0.15) is 12.6 Å². The number of rotatable bonds is 6. The molecule has 1 atom stereocenters. The average molecular weight is 347 g/mol. The summed E-state index contributed by atoms with van der Waals surface area (Å²) in [6.45, 7) is 3.52.